The Morgan fingerprint density at radius 1 is 1.31 bits per heavy atom. The van der Waals surface area contributed by atoms with Gasteiger partial charge in [-0.25, -0.2) is 9.37 Å². The molecule has 0 atom stereocenters. The molecule has 0 amide bonds. The highest BCUT2D eigenvalue weighted by atomic mass is 19.1. The van der Waals surface area contributed by atoms with Crippen molar-refractivity contribution in [1.29, 1.82) is 5.41 Å². The number of aromatic nitrogens is 2. The van der Waals surface area contributed by atoms with Crippen molar-refractivity contribution in [3.8, 4) is 0 Å². The van der Waals surface area contributed by atoms with Crippen LogP contribution in [0.25, 0.3) is 0 Å². The summed E-state index contributed by atoms with van der Waals surface area (Å²) in [5.41, 5.74) is 6.22. The fourth-order valence-electron chi connectivity index (χ4n) is 3.75. The zero-order valence-corrected chi connectivity index (χ0v) is 15.2. The molecule has 0 saturated heterocycles. The minimum atomic E-state index is -0.695. The molecule has 1 aliphatic carbocycles. The molecule has 1 saturated carbocycles. The fourth-order valence-corrected chi connectivity index (χ4v) is 3.75. The second-order valence-corrected chi connectivity index (χ2v) is 7.48. The number of hydrogen-bond donors (Lipinski definition) is 4. The van der Waals surface area contributed by atoms with Crippen molar-refractivity contribution in [2.24, 2.45) is 5.92 Å². The Kier molecular flexibility index (Phi) is 5.00. The SMILES string of the molecule is CC(C)(O)[C@H]1CC[C@@H](n2c(Nc3ccccc3F)nc(C=N)c2N)CC1. The monoisotopic (exact) mass is 359 g/mol. The van der Waals surface area contributed by atoms with E-state index in [1.165, 1.54) is 6.07 Å². The van der Waals surface area contributed by atoms with Gasteiger partial charge in [-0.2, -0.15) is 0 Å². The minimum absolute atomic E-state index is 0.101. The first kappa shape index (κ1) is 18.4. The van der Waals surface area contributed by atoms with Crippen LogP contribution in [0.4, 0.5) is 21.8 Å². The van der Waals surface area contributed by atoms with E-state index in [-0.39, 0.29) is 17.8 Å². The molecule has 1 heterocycles. The number of nitrogens with one attached hydrogen (secondary N) is 2. The lowest BCUT2D eigenvalue weighted by atomic mass is 9.77. The second kappa shape index (κ2) is 7.07. The Hall–Kier alpha value is -2.41. The molecule has 0 spiro atoms. The van der Waals surface area contributed by atoms with Gasteiger partial charge in [0.15, 0.2) is 0 Å². The number of benzene rings is 1. The first-order valence-electron chi connectivity index (χ1n) is 8.93. The van der Waals surface area contributed by atoms with E-state index in [1.54, 1.807) is 18.2 Å². The van der Waals surface area contributed by atoms with E-state index >= 15 is 0 Å². The number of para-hydroxylation sites is 1. The van der Waals surface area contributed by atoms with E-state index in [1.807, 2.05) is 18.4 Å². The smallest absolute Gasteiger partial charge is 0.209 e. The maximum absolute atomic E-state index is 14.0. The fraction of sp³-hybridized carbons (Fsp3) is 0.474. The summed E-state index contributed by atoms with van der Waals surface area (Å²) < 4.78 is 15.9. The third-order valence-electron chi connectivity index (χ3n) is 5.29. The maximum atomic E-state index is 14.0. The molecule has 1 fully saturated rings. The van der Waals surface area contributed by atoms with Gasteiger partial charge in [-0.3, -0.25) is 4.57 Å². The van der Waals surface area contributed by atoms with Gasteiger partial charge in [0, 0.05) is 12.3 Å². The third kappa shape index (κ3) is 3.58. The average Bonchev–Trinajstić information content (AvgIpc) is 2.92. The summed E-state index contributed by atoms with van der Waals surface area (Å²) >= 11 is 0. The van der Waals surface area contributed by atoms with Crippen LogP contribution >= 0.6 is 0 Å². The molecular weight excluding hydrogens is 333 g/mol. The molecule has 26 heavy (non-hydrogen) atoms. The summed E-state index contributed by atoms with van der Waals surface area (Å²) in [6.45, 7) is 3.70. The van der Waals surface area contributed by atoms with E-state index in [4.69, 9.17) is 11.1 Å². The van der Waals surface area contributed by atoms with Crippen molar-refractivity contribution in [3.63, 3.8) is 0 Å². The summed E-state index contributed by atoms with van der Waals surface area (Å²) in [5, 5.41) is 20.8. The highest BCUT2D eigenvalue weighted by Gasteiger charge is 2.33. The van der Waals surface area contributed by atoms with Gasteiger partial charge in [0.05, 0.1) is 11.3 Å². The quantitative estimate of drug-likeness (QED) is 0.609. The van der Waals surface area contributed by atoms with E-state index in [0.29, 0.717) is 23.1 Å². The number of nitrogens with zero attached hydrogens (tertiary/aromatic N) is 2. The second-order valence-electron chi connectivity index (χ2n) is 7.48. The predicted octanol–water partition coefficient (Wildman–Crippen LogP) is 3.85. The van der Waals surface area contributed by atoms with Crippen molar-refractivity contribution in [2.75, 3.05) is 11.1 Å². The Morgan fingerprint density at radius 3 is 2.54 bits per heavy atom. The van der Waals surface area contributed by atoms with Gasteiger partial charge < -0.3 is 21.6 Å². The van der Waals surface area contributed by atoms with Gasteiger partial charge in [-0.15, -0.1) is 0 Å². The number of aliphatic hydroxyl groups is 1. The van der Waals surface area contributed by atoms with Crippen LogP contribution < -0.4 is 11.1 Å². The summed E-state index contributed by atoms with van der Waals surface area (Å²) in [4.78, 5) is 4.38. The number of anilines is 3. The van der Waals surface area contributed by atoms with Crippen molar-refractivity contribution in [1.82, 2.24) is 9.55 Å². The lowest BCUT2D eigenvalue weighted by Crippen LogP contribution is -2.34. The summed E-state index contributed by atoms with van der Waals surface area (Å²) in [6.07, 6.45) is 4.56. The zero-order chi connectivity index (χ0) is 18.9. The van der Waals surface area contributed by atoms with Crippen molar-refractivity contribution < 1.29 is 9.50 Å². The molecular formula is C19H26FN5O. The normalized spacial score (nSPS) is 20.8. The maximum Gasteiger partial charge on any atom is 0.209 e. The Morgan fingerprint density at radius 2 is 1.96 bits per heavy atom. The lowest BCUT2D eigenvalue weighted by molar-refractivity contribution is -0.00464. The first-order valence-corrected chi connectivity index (χ1v) is 8.93. The van der Waals surface area contributed by atoms with Crippen LogP contribution in [0.15, 0.2) is 24.3 Å². The topological polar surface area (TPSA) is 100.0 Å². The standard InChI is InChI=1S/C19H26FN5O/c1-19(2,26)12-7-9-13(10-8-12)25-17(22)16(11-21)24-18(25)23-15-6-4-3-5-14(15)20/h3-6,11-13,21,26H,7-10,22H2,1-2H3,(H,23,24)/t12-,13+. The van der Waals surface area contributed by atoms with Crippen molar-refractivity contribution in [3.05, 3.63) is 35.8 Å². The van der Waals surface area contributed by atoms with E-state index in [2.05, 4.69) is 10.3 Å². The number of nitrogens with two attached hydrogens (primary N) is 1. The van der Waals surface area contributed by atoms with E-state index in [9.17, 15) is 9.50 Å². The third-order valence-corrected chi connectivity index (χ3v) is 5.29. The lowest BCUT2D eigenvalue weighted by Gasteiger charge is -2.36. The van der Waals surface area contributed by atoms with E-state index in [0.717, 1.165) is 31.9 Å². The zero-order valence-electron chi connectivity index (χ0n) is 15.2. The molecule has 0 unspecified atom stereocenters. The summed E-state index contributed by atoms with van der Waals surface area (Å²) in [6, 6.07) is 6.49. The van der Waals surface area contributed by atoms with Gasteiger partial charge in [0.25, 0.3) is 0 Å². The van der Waals surface area contributed by atoms with Gasteiger partial charge >= 0.3 is 0 Å². The molecule has 1 aliphatic rings. The first-order chi connectivity index (χ1) is 12.3. The summed E-state index contributed by atoms with van der Waals surface area (Å²) in [5.74, 6) is 0.722. The molecule has 0 bridgehead atoms. The van der Waals surface area contributed by atoms with Gasteiger partial charge in [-0.05, 0) is 57.6 Å². The minimum Gasteiger partial charge on any atom is -0.390 e. The largest absolute Gasteiger partial charge is 0.390 e. The van der Waals surface area contributed by atoms with Crippen LogP contribution in [0, 0.1) is 17.1 Å². The molecule has 5 N–H and O–H groups in total. The predicted molar refractivity (Wildman–Crippen MR) is 102 cm³/mol. The van der Waals surface area contributed by atoms with Crippen molar-refractivity contribution in [2.45, 2.75) is 51.2 Å². The number of rotatable bonds is 5. The van der Waals surface area contributed by atoms with Gasteiger partial charge in [-0.1, -0.05) is 12.1 Å². The van der Waals surface area contributed by atoms with Gasteiger partial charge in [0.2, 0.25) is 5.95 Å². The molecule has 1 aromatic heterocycles. The number of nitrogen functional groups attached to an aromatic ring is 1. The Labute approximate surface area is 152 Å². The van der Waals surface area contributed by atoms with Crippen LogP contribution in [-0.2, 0) is 0 Å². The molecule has 7 heteroatoms. The van der Waals surface area contributed by atoms with Crippen LogP contribution in [0.1, 0.15) is 51.3 Å². The van der Waals surface area contributed by atoms with Crippen LogP contribution in [-0.4, -0.2) is 26.5 Å². The van der Waals surface area contributed by atoms with Crippen molar-refractivity contribution >= 4 is 23.7 Å². The van der Waals surface area contributed by atoms with Crippen LogP contribution in [0.2, 0.25) is 0 Å². The Bertz CT molecular complexity index is 788. The highest BCUT2D eigenvalue weighted by Crippen LogP contribution is 2.40. The number of hydrogen-bond acceptors (Lipinski definition) is 5. The summed E-state index contributed by atoms with van der Waals surface area (Å²) in [7, 11) is 0. The average molecular weight is 359 g/mol. The van der Waals surface area contributed by atoms with Crippen LogP contribution in [0.5, 0.6) is 0 Å². The molecule has 0 aliphatic heterocycles. The van der Waals surface area contributed by atoms with Gasteiger partial charge in [0.1, 0.15) is 17.3 Å². The Balaban J connectivity index is 1.88. The molecule has 2 aromatic rings. The van der Waals surface area contributed by atoms with E-state index < -0.39 is 5.60 Å². The number of halogens is 1. The molecule has 0 radical (unpaired) electrons. The molecule has 6 nitrogen and oxygen atoms in total. The molecule has 3 rings (SSSR count). The molecule has 140 valence electrons. The van der Waals surface area contributed by atoms with Crippen LogP contribution in [0.3, 0.4) is 0 Å². The molecule has 1 aromatic carbocycles. The highest BCUT2D eigenvalue weighted by molar-refractivity contribution is 5.83. The number of imidazole rings is 1.